The minimum absolute atomic E-state index is 0.0480. The molecule has 23 heavy (non-hydrogen) atoms. The zero-order valence-corrected chi connectivity index (χ0v) is 13.7. The van der Waals surface area contributed by atoms with Gasteiger partial charge in [-0.1, -0.05) is 17.7 Å². The van der Waals surface area contributed by atoms with Crippen LogP contribution in [0.1, 0.15) is 36.7 Å². The fourth-order valence-electron chi connectivity index (χ4n) is 1.98. The van der Waals surface area contributed by atoms with E-state index < -0.39 is 17.4 Å². The molecule has 0 atom stereocenters. The predicted octanol–water partition coefficient (Wildman–Crippen LogP) is 4.97. The Hall–Kier alpha value is -2.38. The Morgan fingerprint density at radius 2 is 1.91 bits per heavy atom. The highest BCUT2D eigenvalue weighted by molar-refractivity contribution is 6.33. The first kappa shape index (κ1) is 17.0. The minimum Gasteiger partial charge on any atom is -0.456 e. The van der Waals surface area contributed by atoms with Crippen molar-refractivity contribution in [1.29, 1.82) is 5.26 Å². The third-order valence-electron chi connectivity index (χ3n) is 3.00. The Morgan fingerprint density at radius 3 is 2.48 bits per heavy atom. The van der Waals surface area contributed by atoms with Crippen LogP contribution < -0.4 is 0 Å². The summed E-state index contributed by atoms with van der Waals surface area (Å²) in [5.74, 6) is -1.12. The number of carbonyl (C=O) groups excluding carboxylic acids is 1. The normalized spacial score (nSPS) is 11.0. The van der Waals surface area contributed by atoms with Crippen molar-refractivity contribution in [2.75, 3.05) is 0 Å². The SMILES string of the molecule is CC(C)(C)OC(=O)c1ccc(Cl)c(-c2ccc(C#N)c(F)c2)c1. The summed E-state index contributed by atoms with van der Waals surface area (Å²) in [6.45, 7) is 5.33. The van der Waals surface area contributed by atoms with Crippen molar-refractivity contribution in [2.45, 2.75) is 26.4 Å². The molecule has 118 valence electrons. The lowest BCUT2D eigenvalue weighted by atomic mass is 10.0. The molecule has 0 aliphatic heterocycles. The summed E-state index contributed by atoms with van der Waals surface area (Å²) >= 11 is 6.15. The summed E-state index contributed by atoms with van der Waals surface area (Å²) in [6.07, 6.45) is 0. The first-order chi connectivity index (χ1) is 10.7. The van der Waals surface area contributed by atoms with E-state index in [9.17, 15) is 9.18 Å². The Kier molecular flexibility index (Phi) is 4.72. The Labute approximate surface area is 139 Å². The van der Waals surface area contributed by atoms with Crippen LogP contribution in [-0.2, 0) is 4.74 Å². The second kappa shape index (κ2) is 6.39. The molecule has 2 aromatic carbocycles. The summed E-state index contributed by atoms with van der Waals surface area (Å²) in [5, 5.41) is 9.16. The van der Waals surface area contributed by atoms with Crippen LogP contribution in [0.3, 0.4) is 0 Å². The molecule has 0 unspecified atom stereocenters. The van der Waals surface area contributed by atoms with E-state index >= 15 is 0 Å². The fraction of sp³-hybridized carbons (Fsp3) is 0.222. The van der Waals surface area contributed by atoms with Gasteiger partial charge in [0.2, 0.25) is 0 Å². The molecular weight excluding hydrogens is 317 g/mol. The molecule has 0 amide bonds. The Morgan fingerprint density at radius 1 is 1.22 bits per heavy atom. The lowest BCUT2D eigenvalue weighted by Gasteiger charge is -2.19. The van der Waals surface area contributed by atoms with E-state index in [-0.39, 0.29) is 5.56 Å². The van der Waals surface area contributed by atoms with Gasteiger partial charge >= 0.3 is 5.97 Å². The van der Waals surface area contributed by atoms with Crippen molar-refractivity contribution < 1.29 is 13.9 Å². The van der Waals surface area contributed by atoms with Gasteiger partial charge in [0.25, 0.3) is 0 Å². The maximum absolute atomic E-state index is 13.8. The van der Waals surface area contributed by atoms with E-state index in [4.69, 9.17) is 21.6 Å². The van der Waals surface area contributed by atoms with Gasteiger partial charge in [0.1, 0.15) is 17.5 Å². The molecule has 0 aromatic heterocycles. The highest BCUT2D eigenvalue weighted by Crippen LogP contribution is 2.30. The first-order valence-electron chi connectivity index (χ1n) is 6.94. The number of nitriles is 1. The lowest BCUT2D eigenvalue weighted by molar-refractivity contribution is 0.00696. The third-order valence-corrected chi connectivity index (χ3v) is 3.33. The molecular formula is C18H15ClFNO2. The van der Waals surface area contributed by atoms with Gasteiger partial charge in [-0.15, -0.1) is 0 Å². The van der Waals surface area contributed by atoms with Crippen molar-refractivity contribution in [3.05, 3.63) is 58.4 Å². The summed E-state index contributed by atoms with van der Waals surface area (Å²) < 4.78 is 19.1. The van der Waals surface area contributed by atoms with Gasteiger partial charge in [-0.3, -0.25) is 0 Å². The molecule has 0 aliphatic rings. The van der Waals surface area contributed by atoms with Gasteiger partial charge in [-0.05, 0) is 56.7 Å². The molecule has 0 saturated heterocycles. The van der Waals surface area contributed by atoms with Crippen LogP contribution in [0.4, 0.5) is 4.39 Å². The number of nitrogens with zero attached hydrogens (tertiary/aromatic N) is 1. The quantitative estimate of drug-likeness (QED) is 0.730. The molecule has 0 bridgehead atoms. The molecule has 0 spiro atoms. The van der Waals surface area contributed by atoms with Gasteiger partial charge in [-0.25, -0.2) is 9.18 Å². The second-order valence-corrected chi connectivity index (χ2v) is 6.41. The predicted molar refractivity (Wildman–Crippen MR) is 86.7 cm³/mol. The standard InChI is InChI=1S/C18H15ClFNO2/c1-18(2,3)23-17(22)12-6-7-15(19)14(8-12)11-4-5-13(10-21)16(20)9-11/h4-9H,1-3H3. The van der Waals surface area contributed by atoms with Crippen LogP contribution in [0.25, 0.3) is 11.1 Å². The van der Waals surface area contributed by atoms with E-state index in [1.54, 1.807) is 51.1 Å². The highest BCUT2D eigenvalue weighted by Gasteiger charge is 2.19. The molecule has 0 N–H and O–H groups in total. The number of esters is 1. The molecule has 0 heterocycles. The highest BCUT2D eigenvalue weighted by atomic mass is 35.5. The van der Waals surface area contributed by atoms with Crippen LogP contribution in [-0.4, -0.2) is 11.6 Å². The number of hydrogen-bond acceptors (Lipinski definition) is 3. The average molecular weight is 332 g/mol. The number of rotatable bonds is 2. The second-order valence-electron chi connectivity index (χ2n) is 6.00. The number of halogens is 2. The molecule has 0 fully saturated rings. The number of hydrogen-bond donors (Lipinski definition) is 0. The molecule has 3 nitrogen and oxygen atoms in total. The van der Waals surface area contributed by atoms with Crippen molar-refractivity contribution in [3.63, 3.8) is 0 Å². The van der Waals surface area contributed by atoms with Crippen molar-refractivity contribution in [3.8, 4) is 17.2 Å². The molecule has 2 rings (SSSR count). The molecule has 0 saturated carbocycles. The summed E-state index contributed by atoms with van der Waals surface area (Å²) in [5.41, 5.74) is 0.643. The summed E-state index contributed by atoms with van der Waals surface area (Å²) in [7, 11) is 0. The van der Waals surface area contributed by atoms with Crippen LogP contribution in [0.15, 0.2) is 36.4 Å². The minimum atomic E-state index is -0.635. The first-order valence-corrected chi connectivity index (χ1v) is 7.32. The summed E-state index contributed by atoms with van der Waals surface area (Å²) in [6, 6.07) is 10.6. The van der Waals surface area contributed by atoms with E-state index in [2.05, 4.69) is 0 Å². The van der Waals surface area contributed by atoms with E-state index in [1.165, 1.54) is 12.1 Å². The largest absolute Gasteiger partial charge is 0.456 e. The Balaban J connectivity index is 2.44. The molecule has 2 aromatic rings. The summed E-state index contributed by atoms with van der Waals surface area (Å²) in [4.78, 5) is 12.1. The Bertz CT molecular complexity index is 804. The average Bonchev–Trinajstić information content (AvgIpc) is 2.45. The molecule has 0 radical (unpaired) electrons. The molecule has 0 aliphatic carbocycles. The zero-order valence-electron chi connectivity index (χ0n) is 13.0. The third kappa shape index (κ3) is 4.08. The van der Waals surface area contributed by atoms with E-state index in [1.807, 2.05) is 0 Å². The fourth-order valence-corrected chi connectivity index (χ4v) is 2.21. The maximum atomic E-state index is 13.8. The van der Waals surface area contributed by atoms with Crippen LogP contribution >= 0.6 is 11.6 Å². The van der Waals surface area contributed by atoms with E-state index in [0.29, 0.717) is 21.7 Å². The number of ether oxygens (including phenoxy) is 1. The van der Waals surface area contributed by atoms with Crippen LogP contribution in [0, 0.1) is 17.1 Å². The van der Waals surface area contributed by atoms with Crippen molar-refractivity contribution in [1.82, 2.24) is 0 Å². The van der Waals surface area contributed by atoms with Crippen molar-refractivity contribution >= 4 is 17.6 Å². The number of carbonyl (C=O) groups is 1. The number of benzene rings is 2. The zero-order chi connectivity index (χ0) is 17.2. The lowest BCUT2D eigenvalue weighted by Crippen LogP contribution is -2.23. The van der Waals surface area contributed by atoms with Gasteiger partial charge in [-0.2, -0.15) is 5.26 Å². The topological polar surface area (TPSA) is 50.1 Å². The molecule has 5 heteroatoms. The van der Waals surface area contributed by atoms with Gasteiger partial charge in [0.15, 0.2) is 0 Å². The van der Waals surface area contributed by atoms with E-state index in [0.717, 1.165) is 0 Å². The van der Waals surface area contributed by atoms with Gasteiger partial charge in [0.05, 0.1) is 11.1 Å². The maximum Gasteiger partial charge on any atom is 0.338 e. The van der Waals surface area contributed by atoms with Gasteiger partial charge in [0, 0.05) is 10.6 Å². The smallest absolute Gasteiger partial charge is 0.338 e. The van der Waals surface area contributed by atoms with Crippen LogP contribution in [0.5, 0.6) is 0 Å². The van der Waals surface area contributed by atoms with Gasteiger partial charge < -0.3 is 4.74 Å². The van der Waals surface area contributed by atoms with Crippen LogP contribution in [0.2, 0.25) is 5.02 Å². The monoisotopic (exact) mass is 331 g/mol. The van der Waals surface area contributed by atoms with Crippen molar-refractivity contribution in [2.24, 2.45) is 0 Å².